The second kappa shape index (κ2) is 6.02. The zero-order valence-corrected chi connectivity index (χ0v) is 14.5. The summed E-state index contributed by atoms with van der Waals surface area (Å²) in [7, 11) is 1.33. The van der Waals surface area contributed by atoms with E-state index in [0.29, 0.717) is 28.7 Å². The van der Waals surface area contributed by atoms with E-state index < -0.39 is 17.2 Å². The third-order valence-electron chi connectivity index (χ3n) is 4.89. The van der Waals surface area contributed by atoms with E-state index in [0.717, 1.165) is 5.56 Å². The molecule has 1 aliphatic rings. The number of hydrogen-bond acceptors (Lipinski definition) is 5. The molecule has 0 saturated heterocycles. The van der Waals surface area contributed by atoms with Crippen molar-refractivity contribution in [2.45, 2.75) is 24.9 Å². The highest BCUT2D eigenvalue weighted by atomic mass is 16.6. The maximum absolute atomic E-state index is 12.7. The summed E-state index contributed by atoms with van der Waals surface area (Å²) in [5, 5.41) is 0.665. The Hall–Kier alpha value is -3.08. The molecule has 2 atom stereocenters. The maximum Gasteiger partial charge on any atom is 0.349 e. The summed E-state index contributed by atoms with van der Waals surface area (Å²) in [6, 6.07) is 16.8. The van der Waals surface area contributed by atoms with Crippen LogP contribution in [0.5, 0.6) is 5.75 Å². The molecule has 5 nitrogen and oxygen atoms in total. The normalized spacial score (nSPS) is 21.7. The van der Waals surface area contributed by atoms with E-state index in [-0.39, 0.29) is 5.92 Å². The average molecular weight is 350 g/mol. The number of para-hydroxylation sites is 1. The molecule has 26 heavy (non-hydrogen) atoms. The van der Waals surface area contributed by atoms with Crippen LogP contribution in [0, 0.1) is 0 Å². The third-order valence-corrected chi connectivity index (χ3v) is 4.89. The predicted octanol–water partition coefficient (Wildman–Crippen LogP) is 3.64. The van der Waals surface area contributed by atoms with Crippen molar-refractivity contribution < 1.29 is 18.7 Å². The van der Waals surface area contributed by atoms with Gasteiger partial charge >= 0.3 is 11.6 Å². The summed E-state index contributed by atoms with van der Waals surface area (Å²) in [6.07, 6.45) is 0.291. The van der Waals surface area contributed by atoms with Crippen molar-refractivity contribution in [1.82, 2.24) is 0 Å². The summed E-state index contributed by atoms with van der Waals surface area (Å²) in [6.45, 7) is 1.70. The van der Waals surface area contributed by atoms with Gasteiger partial charge in [-0.2, -0.15) is 0 Å². The Bertz CT molecular complexity index is 1040. The quantitative estimate of drug-likeness (QED) is 0.521. The molecule has 0 saturated carbocycles. The Labute approximate surface area is 150 Å². The van der Waals surface area contributed by atoms with E-state index in [1.165, 1.54) is 7.11 Å². The summed E-state index contributed by atoms with van der Waals surface area (Å²) in [5.41, 5.74) is 0.154. The molecule has 0 amide bonds. The second-order valence-electron chi connectivity index (χ2n) is 6.62. The first kappa shape index (κ1) is 16.4. The van der Waals surface area contributed by atoms with Gasteiger partial charge in [0.2, 0.25) is 5.60 Å². The SMILES string of the molecule is COC(=O)[C@@]1(C)C[C@H](c2ccccc2)c2c(c3ccccc3oc2=O)O1. The number of rotatable bonds is 2. The molecule has 0 radical (unpaired) electrons. The van der Waals surface area contributed by atoms with Gasteiger partial charge in [-0.1, -0.05) is 42.5 Å². The van der Waals surface area contributed by atoms with Gasteiger partial charge in [0.15, 0.2) is 0 Å². The molecule has 0 spiro atoms. The largest absolute Gasteiger partial charge is 0.474 e. The maximum atomic E-state index is 12.7. The molecule has 0 fully saturated rings. The van der Waals surface area contributed by atoms with Gasteiger partial charge in [-0.15, -0.1) is 0 Å². The number of benzene rings is 2. The van der Waals surface area contributed by atoms with Crippen LogP contribution in [0.4, 0.5) is 0 Å². The van der Waals surface area contributed by atoms with E-state index in [1.54, 1.807) is 19.1 Å². The van der Waals surface area contributed by atoms with Crippen LogP contribution in [-0.4, -0.2) is 18.7 Å². The van der Waals surface area contributed by atoms with Crippen LogP contribution >= 0.6 is 0 Å². The molecule has 1 aromatic heterocycles. The Kier molecular flexibility index (Phi) is 3.80. The number of esters is 1. The Morgan fingerprint density at radius 2 is 1.81 bits per heavy atom. The smallest absolute Gasteiger partial charge is 0.349 e. The molecule has 1 aliphatic heterocycles. The molecule has 4 rings (SSSR count). The van der Waals surface area contributed by atoms with Crippen LogP contribution in [0.25, 0.3) is 11.0 Å². The fourth-order valence-corrected chi connectivity index (χ4v) is 3.62. The fourth-order valence-electron chi connectivity index (χ4n) is 3.62. The molecule has 0 aliphatic carbocycles. The van der Waals surface area contributed by atoms with E-state index >= 15 is 0 Å². The van der Waals surface area contributed by atoms with Crippen LogP contribution < -0.4 is 10.4 Å². The lowest BCUT2D eigenvalue weighted by Gasteiger charge is -2.37. The number of carbonyl (C=O) groups is 1. The molecule has 0 bridgehead atoms. The Balaban J connectivity index is 2.02. The Morgan fingerprint density at radius 1 is 1.12 bits per heavy atom. The van der Waals surface area contributed by atoms with Crippen molar-refractivity contribution in [1.29, 1.82) is 0 Å². The average Bonchev–Trinajstić information content (AvgIpc) is 2.67. The lowest BCUT2D eigenvalue weighted by molar-refractivity contribution is -0.159. The lowest BCUT2D eigenvalue weighted by Crippen LogP contribution is -2.47. The first-order valence-corrected chi connectivity index (χ1v) is 8.41. The molecule has 2 aromatic carbocycles. The third kappa shape index (κ3) is 2.47. The standard InChI is InChI=1S/C21H18O5/c1-21(20(23)24-2)12-15(13-8-4-3-5-9-13)17-18(26-21)14-10-6-7-11-16(14)25-19(17)22/h3-11,15H,12H2,1-2H3/t15-,21-/m1/s1. The number of methoxy groups -OCH3 is 1. The second-order valence-corrected chi connectivity index (χ2v) is 6.62. The molecule has 2 heterocycles. The van der Waals surface area contributed by atoms with Crippen molar-refractivity contribution >= 4 is 16.9 Å². The molecule has 0 N–H and O–H groups in total. The van der Waals surface area contributed by atoms with Crippen LogP contribution in [0.1, 0.15) is 30.4 Å². The highest BCUT2D eigenvalue weighted by Gasteiger charge is 2.46. The fraction of sp³-hybridized carbons (Fsp3) is 0.238. The number of fused-ring (bicyclic) bond motifs is 3. The van der Waals surface area contributed by atoms with Gasteiger partial charge < -0.3 is 13.9 Å². The Morgan fingerprint density at radius 3 is 2.54 bits per heavy atom. The minimum atomic E-state index is -1.20. The molecule has 132 valence electrons. The van der Waals surface area contributed by atoms with Crippen molar-refractivity contribution in [2.75, 3.05) is 7.11 Å². The summed E-state index contributed by atoms with van der Waals surface area (Å²) in [4.78, 5) is 25.2. The number of ether oxygens (including phenoxy) is 2. The van der Waals surface area contributed by atoms with Crippen LogP contribution in [0.3, 0.4) is 0 Å². The van der Waals surface area contributed by atoms with Gasteiger partial charge in [-0.3, -0.25) is 0 Å². The van der Waals surface area contributed by atoms with Gasteiger partial charge in [-0.05, 0) is 24.6 Å². The van der Waals surface area contributed by atoms with Crippen LogP contribution in [0.2, 0.25) is 0 Å². The number of carbonyl (C=O) groups excluding carboxylic acids is 1. The zero-order valence-electron chi connectivity index (χ0n) is 14.5. The molecular weight excluding hydrogens is 332 g/mol. The highest BCUT2D eigenvalue weighted by Crippen LogP contribution is 2.46. The topological polar surface area (TPSA) is 65.7 Å². The van der Waals surface area contributed by atoms with Crippen molar-refractivity contribution in [3.63, 3.8) is 0 Å². The number of hydrogen-bond donors (Lipinski definition) is 0. The van der Waals surface area contributed by atoms with Gasteiger partial charge in [0, 0.05) is 12.3 Å². The van der Waals surface area contributed by atoms with Gasteiger partial charge in [-0.25, -0.2) is 9.59 Å². The molecular formula is C21H18O5. The van der Waals surface area contributed by atoms with Gasteiger partial charge in [0.1, 0.15) is 11.3 Å². The zero-order chi connectivity index (χ0) is 18.3. The van der Waals surface area contributed by atoms with E-state index in [4.69, 9.17) is 13.9 Å². The lowest BCUT2D eigenvalue weighted by atomic mass is 9.79. The highest BCUT2D eigenvalue weighted by molar-refractivity contribution is 5.87. The predicted molar refractivity (Wildman–Crippen MR) is 96.4 cm³/mol. The summed E-state index contributed by atoms with van der Waals surface area (Å²) < 4.78 is 16.6. The summed E-state index contributed by atoms with van der Waals surface area (Å²) >= 11 is 0. The monoisotopic (exact) mass is 350 g/mol. The van der Waals surface area contributed by atoms with E-state index in [9.17, 15) is 9.59 Å². The van der Waals surface area contributed by atoms with Crippen molar-refractivity contribution in [3.8, 4) is 5.75 Å². The first-order valence-electron chi connectivity index (χ1n) is 8.41. The van der Waals surface area contributed by atoms with Crippen LogP contribution in [-0.2, 0) is 9.53 Å². The summed E-state index contributed by atoms with van der Waals surface area (Å²) in [5.74, 6) is -0.406. The van der Waals surface area contributed by atoms with Gasteiger partial charge in [0.25, 0.3) is 0 Å². The van der Waals surface area contributed by atoms with E-state index in [1.807, 2.05) is 42.5 Å². The minimum Gasteiger partial charge on any atom is -0.474 e. The van der Waals surface area contributed by atoms with Crippen LogP contribution in [0.15, 0.2) is 63.8 Å². The molecule has 0 unspecified atom stereocenters. The van der Waals surface area contributed by atoms with Gasteiger partial charge in [0.05, 0.1) is 18.1 Å². The van der Waals surface area contributed by atoms with E-state index in [2.05, 4.69) is 0 Å². The first-order chi connectivity index (χ1) is 12.5. The van der Waals surface area contributed by atoms with Crippen molar-refractivity contribution in [2.24, 2.45) is 0 Å². The molecule has 3 aromatic rings. The molecule has 5 heteroatoms. The van der Waals surface area contributed by atoms with Crippen molar-refractivity contribution in [3.05, 3.63) is 76.1 Å². The minimum absolute atomic E-state index is 0.291.